The number of aliphatic hydroxyl groups is 1. The summed E-state index contributed by atoms with van der Waals surface area (Å²) < 4.78 is 0.957. The molecule has 1 aliphatic rings. The second-order valence-corrected chi connectivity index (χ2v) is 5.26. The zero-order valence-corrected chi connectivity index (χ0v) is 10.5. The molecular weight excluding hydrogens is 270 g/mol. The first-order valence-corrected chi connectivity index (χ1v) is 6.09. The Kier molecular flexibility index (Phi) is 3.30. The van der Waals surface area contributed by atoms with E-state index in [1.807, 2.05) is 12.1 Å². The molecule has 16 heavy (non-hydrogen) atoms. The Morgan fingerprint density at radius 2 is 2.00 bits per heavy atom. The predicted octanol–water partition coefficient (Wildman–Crippen LogP) is 1.95. The third-order valence-corrected chi connectivity index (χ3v) is 3.55. The molecule has 3 nitrogen and oxygen atoms in total. The monoisotopic (exact) mass is 283 g/mol. The van der Waals surface area contributed by atoms with E-state index in [1.165, 1.54) is 0 Å². The van der Waals surface area contributed by atoms with Crippen LogP contribution in [0.25, 0.3) is 0 Å². The van der Waals surface area contributed by atoms with Gasteiger partial charge in [0.05, 0.1) is 6.61 Å². The number of carbonyl (C=O) groups is 1. The number of hydrogen-bond donors (Lipinski definition) is 2. The van der Waals surface area contributed by atoms with Crippen LogP contribution in [0.3, 0.4) is 0 Å². The minimum Gasteiger partial charge on any atom is -0.396 e. The average Bonchev–Trinajstić information content (AvgIpc) is 3.08. The second kappa shape index (κ2) is 4.55. The van der Waals surface area contributed by atoms with E-state index in [0.29, 0.717) is 12.1 Å². The molecule has 1 aromatic carbocycles. The molecule has 1 aromatic rings. The number of hydrogen-bond acceptors (Lipinski definition) is 2. The SMILES string of the molecule is O=C(NCC1(CO)CC1)c1ccc(Br)cc1. The number of rotatable bonds is 4. The van der Waals surface area contributed by atoms with E-state index >= 15 is 0 Å². The van der Waals surface area contributed by atoms with E-state index in [4.69, 9.17) is 5.11 Å². The summed E-state index contributed by atoms with van der Waals surface area (Å²) >= 11 is 3.32. The van der Waals surface area contributed by atoms with Gasteiger partial charge in [0, 0.05) is 22.0 Å². The molecule has 0 aliphatic heterocycles. The lowest BCUT2D eigenvalue weighted by Crippen LogP contribution is -2.31. The molecule has 0 heterocycles. The molecule has 0 atom stereocenters. The Morgan fingerprint density at radius 3 is 2.50 bits per heavy atom. The van der Waals surface area contributed by atoms with E-state index in [0.717, 1.165) is 17.3 Å². The van der Waals surface area contributed by atoms with Crippen LogP contribution >= 0.6 is 15.9 Å². The van der Waals surface area contributed by atoms with Crippen LogP contribution in [0.1, 0.15) is 23.2 Å². The fourth-order valence-corrected chi connectivity index (χ4v) is 1.80. The van der Waals surface area contributed by atoms with Gasteiger partial charge >= 0.3 is 0 Å². The maximum atomic E-state index is 11.7. The number of nitrogens with one attached hydrogen (secondary N) is 1. The molecule has 4 heteroatoms. The average molecular weight is 284 g/mol. The molecule has 1 saturated carbocycles. The molecule has 0 bridgehead atoms. The van der Waals surface area contributed by atoms with Crippen LogP contribution in [0.15, 0.2) is 28.7 Å². The molecule has 86 valence electrons. The zero-order chi connectivity index (χ0) is 11.6. The van der Waals surface area contributed by atoms with Crippen molar-refractivity contribution >= 4 is 21.8 Å². The largest absolute Gasteiger partial charge is 0.396 e. The van der Waals surface area contributed by atoms with Crippen molar-refractivity contribution in [1.82, 2.24) is 5.32 Å². The number of halogens is 1. The first-order chi connectivity index (χ1) is 7.65. The van der Waals surface area contributed by atoms with Gasteiger partial charge in [0.25, 0.3) is 5.91 Å². The van der Waals surface area contributed by atoms with Crippen molar-refractivity contribution in [3.8, 4) is 0 Å². The fourth-order valence-electron chi connectivity index (χ4n) is 1.54. The molecule has 1 aliphatic carbocycles. The highest BCUT2D eigenvalue weighted by atomic mass is 79.9. The summed E-state index contributed by atoms with van der Waals surface area (Å²) in [6, 6.07) is 7.23. The molecule has 0 unspecified atom stereocenters. The minimum atomic E-state index is -0.0766. The van der Waals surface area contributed by atoms with Gasteiger partial charge in [0.15, 0.2) is 0 Å². The van der Waals surface area contributed by atoms with Crippen LogP contribution in [-0.2, 0) is 0 Å². The molecule has 1 fully saturated rings. The normalized spacial score (nSPS) is 16.9. The van der Waals surface area contributed by atoms with Gasteiger partial charge in [-0.05, 0) is 37.1 Å². The summed E-state index contributed by atoms with van der Waals surface area (Å²) in [7, 11) is 0. The van der Waals surface area contributed by atoms with E-state index in [-0.39, 0.29) is 17.9 Å². The van der Waals surface area contributed by atoms with Gasteiger partial charge in [0.2, 0.25) is 0 Å². The maximum absolute atomic E-state index is 11.7. The Hall–Kier alpha value is -0.870. The van der Waals surface area contributed by atoms with E-state index in [9.17, 15) is 4.79 Å². The molecule has 1 amide bonds. The van der Waals surface area contributed by atoms with Gasteiger partial charge in [0.1, 0.15) is 0 Å². The summed E-state index contributed by atoms with van der Waals surface area (Å²) in [6.07, 6.45) is 2.01. The van der Waals surface area contributed by atoms with Crippen LogP contribution < -0.4 is 5.32 Å². The third kappa shape index (κ3) is 2.62. The quantitative estimate of drug-likeness (QED) is 0.888. The van der Waals surface area contributed by atoms with Crippen molar-refractivity contribution in [2.24, 2.45) is 5.41 Å². The lowest BCUT2D eigenvalue weighted by Gasteiger charge is -2.12. The lowest BCUT2D eigenvalue weighted by atomic mass is 10.1. The lowest BCUT2D eigenvalue weighted by molar-refractivity contribution is 0.0935. The van der Waals surface area contributed by atoms with Crippen LogP contribution in [0, 0.1) is 5.41 Å². The molecule has 0 saturated heterocycles. The molecule has 2 N–H and O–H groups in total. The maximum Gasteiger partial charge on any atom is 0.251 e. The Bertz CT molecular complexity index is 385. The molecule has 0 radical (unpaired) electrons. The highest BCUT2D eigenvalue weighted by molar-refractivity contribution is 9.10. The number of aliphatic hydroxyl groups excluding tert-OH is 1. The molecular formula is C12H14BrNO2. The third-order valence-electron chi connectivity index (χ3n) is 3.02. The van der Waals surface area contributed by atoms with E-state index in [1.54, 1.807) is 12.1 Å². The molecule has 0 spiro atoms. The van der Waals surface area contributed by atoms with Crippen molar-refractivity contribution in [2.75, 3.05) is 13.2 Å². The Labute approximate surface area is 103 Å². The highest BCUT2D eigenvalue weighted by Crippen LogP contribution is 2.44. The Morgan fingerprint density at radius 1 is 1.38 bits per heavy atom. The van der Waals surface area contributed by atoms with E-state index in [2.05, 4.69) is 21.2 Å². The summed E-state index contributed by atoms with van der Waals surface area (Å²) in [6.45, 7) is 0.728. The van der Waals surface area contributed by atoms with Crippen molar-refractivity contribution < 1.29 is 9.90 Å². The minimum absolute atomic E-state index is 0.0367. The van der Waals surface area contributed by atoms with Crippen LogP contribution in [-0.4, -0.2) is 24.2 Å². The molecule has 2 rings (SSSR count). The van der Waals surface area contributed by atoms with Crippen LogP contribution in [0.4, 0.5) is 0 Å². The standard InChI is InChI=1S/C12H14BrNO2/c13-10-3-1-9(2-4-10)11(16)14-7-12(8-15)5-6-12/h1-4,15H,5-8H2,(H,14,16). The number of benzene rings is 1. The van der Waals surface area contributed by atoms with Crippen LogP contribution in [0.2, 0.25) is 0 Å². The molecule has 0 aromatic heterocycles. The Balaban J connectivity index is 1.91. The van der Waals surface area contributed by atoms with Gasteiger partial charge in [-0.2, -0.15) is 0 Å². The van der Waals surface area contributed by atoms with Gasteiger partial charge in [-0.1, -0.05) is 15.9 Å². The van der Waals surface area contributed by atoms with Gasteiger partial charge in [-0.15, -0.1) is 0 Å². The number of amides is 1. The van der Waals surface area contributed by atoms with Crippen molar-refractivity contribution in [3.63, 3.8) is 0 Å². The van der Waals surface area contributed by atoms with Crippen molar-refractivity contribution in [2.45, 2.75) is 12.8 Å². The summed E-state index contributed by atoms with van der Waals surface area (Å²) in [5.41, 5.74) is 0.613. The smallest absolute Gasteiger partial charge is 0.251 e. The summed E-state index contributed by atoms with van der Waals surface area (Å²) in [4.78, 5) is 11.7. The van der Waals surface area contributed by atoms with Crippen LogP contribution in [0.5, 0.6) is 0 Å². The van der Waals surface area contributed by atoms with Gasteiger partial charge in [-0.25, -0.2) is 0 Å². The van der Waals surface area contributed by atoms with Crippen molar-refractivity contribution in [3.05, 3.63) is 34.3 Å². The summed E-state index contributed by atoms with van der Waals surface area (Å²) in [5, 5.41) is 12.0. The predicted molar refractivity (Wildman–Crippen MR) is 65.2 cm³/mol. The van der Waals surface area contributed by atoms with Gasteiger partial charge < -0.3 is 10.4 Å². The number of carbonyl (C=O) groups excluding carboxylic acids is 1. The topological polar surface area (TPSA) is 49.3 Å². The van der Waals surface area contributed by atoms with E-state index < -0.39 is 0 Å². The highest BCUT2D eigenvalue weighted by Gasteiger charge is 2.42. The first-order valence-electron chi connectivity index (χ1n) is 5.30. The van der Waals surface area contributed by atoms with Crippen molar-refractivity contribution in [1.29, 1.82) is 0 Å². The summed E-state index contributed by atoms with van der Waals surface area (Å²) in [5.74, 6) is -0.0766. The first kappa shape index (κ1) is 11.6. The fraction of sp³-hybridized carbons (Fsp3) is 0.417. The second-order valence-electron chi connectivity index (χ2n) is 4.35. The van der Waals surface area contributed by atoms with Gasteiger partial charge in [-0.3, -0.25) is 4.79 Å². The zero-order valence-electron chi connectivity index (χ0n) is 8.87.